The van der Waals surface area contributed by atoms with Crippen molar-refractivity contribution < 1.29 is 4.79 Å². The molecular weight excluding hydrogens is 264 g/mol. The average Bonchev–Trinajstić information content (AvgIpc) is 2.87. The Kier molecular flexibility index (Phi) is 5.01. The number of aromatic nitrogens is 3. The van der Waals surface area contributed by atoms with Gasteiger partial charge in [-0.3, -0.25) is 10.1 Å². The van der Waals surface area contributed by atoms with E-state index in [1.165, 1.54) is 19.3 Å². The van der Waals surface area contributed by atoms with Crippen molar-refractivity contribution in [2.24, 2.45) is 11.3 Å². The summed E-state index contributed by atoms with van der Waals surface area (Å²) in [6, 6.07) is 0.445. The summed E-state index contributed by atoms with van der Waals surface area (Å²) in [4.78, 5) is 16.6. The quantitative estimate of drug-likeness (QED) is 0.898. The number of carbonyl (C=O) groups excluding carboxylic acids is 1. The first-order valence-corrected chi connectivity index (χ1v) is 8.11. The van der Waals surface area contributed by atoms with Gasteiger partial charge in [-0.25, -0.2) is 9.67 Å². The molecule has 5 nitrogen and oxygen atoms in total. The topological polar surface area (TPSA) is 59.8 Å². The molecule has 1 aliphatic rings. The molecule has 1 amide bonds. The van der Waals surface area contributed by atoms with Gasteiger partial charge in [0.1, 0.15) is 6.33 Å². The van der Waals surface area contributed by atoms with E-state index in [1.54, 1.807) is 6.33 Å². The maximum atomic E-state index is 12.4. The van der Waals surface area contributed by atoms with E-state index in [-0.39, 0.29) is 5.91 Å². The smallest absolute Gasteiger partial charge is 0.248 e. The molecule has 1 aliphatic carbocycles. The number of nitrogens with zero attached hydrogens (tertiary/aromatic N) is 3. The van der Waals surface area contributed by atoms with Crippen LogP contribution >= 0.6 is 0 Å². The molecule has 1 aromatic rings. The molecule has 118 valence electrons. The zero-order valence-electron chi connectivity index (χ0n) is 13.7. The van der Waals surface area contributed by atoms with E-state index < -0.39 is 5.41 Å². The van der Waals surface area contributed by atoms with Crippen LogP contribution in [0.4, 0.5) is 5.95 Å². The average molecular weight is 292 g/mol. The molecule has 1 saturated carbocycles. The molecule has 0 aromatic carbocycles. The number of rotatable bonds is 5. The maximum absolute atomic E-state index is 12.4. The van der Waals surface area contributed by atoms with Gasteiger partial charge in [0.2, 0.25) is 11.9 Å². The number of anilines is 1. The Bertz CT molecular complexity index is 472. The number of carbonyl (C=O) groups is 1. The van der Waals surface area contributed by atoms with Gasteiger partial charge in [0, 0.05) is 5.41 Å². The van der Waals surface area contributed by atoms with Crippen molar-refractivity contribution in [3.63, 3.8) is 0 Å². The minimum atomic E-state index is -0.398. The Labute approximate surface area is 127 Å². The molecule has 5 heteroatoms. The van der Waals surface area contributed by atoms with Crippen LogP contribution in [-0.2, 0) is 4.79 Å². The highest BCUT2D eigenvalue weighted by Crippen LogP contribution is 2.28. The Balaban J connectivity index is 1.97. The molecule has 21 heavy (non-hydrogen) atoms. The molecule has 1 N–H and O–H groups in total. The first-order chi connectivity index (χ1) is 9.88. The molecule has 1 heterocycles. The highest BCUT2D eigenvalue weighted by molar-refractivity contribution is 5.93. The van der Waals surface area contributed by atoms with Crippen molar-refractivity contribution in [1.82, 2.24) is 14.8 Å². The van der Waals surface area contributed by atoms with E-state index in [0.29, 0.717) is 17.9 Å². The Hall–Kier alpha value is -1.39. The molecule has 0 aliphatic heterocycles. The van der Waals surface area contributed by atoms with Gasteiger partial charge in [-0.15, -0.1) is 5.10 Å². The van der Waals surface area contributed by atoms with Gasteiger partial charge in [-0.2, -0.15) is 0 Å². The van der Waals surface area contributed by atoms with Gasteiger partial charge in [0.25, 0.3) is 0 Å². The van der Waals surface area contributed by atoms with Gasteiger partial charge in [-0.05, 0) is 25.2 Å². The minimum Gasteiger partial charge on any atom is -0.293 e. The monoisotopic (exact) mass is 292 g/mol. The molecule has 0 atom stereocenters. The summed E-state index contributed by atoms with van der Waals surface area (Å²) in [5.41, 5.74) is -0.398. The highest BCUT2D eigenvalue weighted by atomic mass is 16.2. The standard InChI is InChI=1S/C16H28N4O/c1-12(2)10-16(3,4)14(21)18-15-17-11-20(19-15)13-8-6-5-7-9-13/h11-13H,5-10H2,1-4H3,(H,18,19,21). The third kappa shape index (κ3) is 4.29. The Morgan fingerprint density at radius 3 is 2.67 bits per heavy atom. The van der Waals surface area contributed by atoms with E-state index in [1.807, 2.05) is 18.5 Å². The largest absolute Gasteiger partial charge is 0.293 e. The summed E-state index contributed by atoms with van der Waals surface area (Å²) in [7, 11) is 0. The Morgan fingerprint density at radius 1 is 1.38 bits per heavy atom. The minimum absolute atomic E-state index is 0.00223. The van der Waals surface area contributed by atoms with Crippen LogP contribution < -0.4 is 5.32 Å². The van der Waals surface area contributed by atoms with Crippen LogP contribution in [0.3, 0.4) is 0 Å². The number of hydrogen-bond acceptors (Lipinski definition) is 3. The molecule has 0 bridgehead atoms. The fourth-order valence-electron chi connectivity index (χ4n) is 3.24. The second-order valence-electron chi connectivity index (χ2n) is 7.28. The molecule has 0 spiro atoms. The van der Waals surface area contributed by atoms with Gasteiger partial charge in [0.15, 0.2) is 0 Å². The fraction of sp³-hybridized carbons (Fsp3) is 0.812. The second kappa shape index (κ2) is 6.58. The van der Waals surface area contributed by atoms with E-state index in [9.17, 15) is 4.79 Å². The number of hydrogen-bond donors (Lipinski definition) is 1. The number of amides is 1. The van der Waals surface area contributed by atoms with Crippen molar-refractivity contribution in [1.29, 1.82) is 0 Å². The fourth-order valence-corrected chi connectivity index (χ4v) is 3.24. The lowest BCUT2D eigenvalue weighted by Crippen LogP contribution is -2.32. The lowest BCUT2D eigenvalue weighted by molar-refractivity contribution is -0.124. The third-order valence-electron chi connectivity index (χ3n) is 4.22. The lowest BCUT2D eigenvalue weighted by atomic mass is 9.83. The summed E-state index contributed by atoms with van der Waals surface area (Å²) in [5.74, 6) is 0.915. The zero-order chi connectivity index (χ0) is 15.5. The lowest BCUT2D eigenvalue weighted by Gasteiger charge is -2.24. The predicted octanol–water partition coefficient (Wildman–Crippen LogP) is 3.79. The van der Waals surface area contributed by atoms with Crippen molar-refractivity contribution in [3.05, 3.63) is 6.33 Å². The van der Waals surface area contributed by atoms with Crippen molar-refractivity contribution in [3.8, 4) is 0 Å². The molecular formula is C16H28N4O. The van der Waals surface area contributed by atoms with Crippen molar-refractivity contribution in [2.45, 2.75) is 72.3 Å². The summed E-state index contributed by atoms with van der Waals surface area (Å²) < 4.78 is 1.92. The Morgan fingerprint density at radius 2 is 2.05 bits per heavy atom. The number of nitrogens with one attached hydrogen (secondary N) is 1. The van der Waals surface area contributed by atoms with Crippen LogP contribution in [0.5, 0.6) is 0 Å². The van der Waals surface area contributed by atoms with E-state index >= 15 is 0 Å². The summed E-state index contributed by atoms with van der Waals surface area (Å²) >= 11 is 0. The SMILES string of the molecule is CC(C)CC(C)(C)C(=O)Nc1ncn(C2CCCCC2)n1. The first kappa shape index (κ1) is 16.0. The maximum Gasteiger partial charge on any atom is 0.248 e. The molecule has 2 rings (SSSR count). The summed E-state index contributed by atoms with van der Waals surface area (Å²) in [5, 5.41) is 7.31. The van der Waals surface area contributed by atoms with Gasteiger partial charge in [-0.1, -0.05) is 47.0 Å². The van der Waals surface area contributed by atoms with Crippen LogP contribution in [0.2, 0.25) is 0 Å². The third-order valence-corrected chi connectivity index (χ3v) is 4.22. The summed E-state index contributed by atoms with van der Waals surface area (Å²) in [6.45, 7) is 8.21. The van der Waals surface area contributed by atoms with Crippen molar-refractivity contribution in [2.75, 3.05) is 5.32 Å². The molecule has 1 fully saturated rings. The highest BCUT2D eigenvalue weighted by Gasteiger charge is 2.29. The van der Waals surface area contributed by atoms with Crippen molar-refractivity contribution >= 4 is 11.9 Å². The van der Waals surface area contributed by atoms with E-state index in [2.05, 4.69) is 29.2 Å². The van der Waals surface area contributed by atoms with E-state index in [0.717, 1.165) is 19.3 Å². The van der Waals surface area contributed by atoms with Crippen LogP contribution in [0.25, 0.3) is 0 Å². The molecule has 0 unspecified atom stereocenters. The summed E-state index contributed by atoms with van der Waals surface area (Å²) in [6.07, 6.45) is 8.76. The molecule has 0 radical (unpaired) electrons. The van der Waals surface area contributed by atoms with Gasteiger partial charge >= 0.3 is 0 Å². The van der Waals surface area contributed by atoms with Crippen LogP contribution in [0.1, 0.15) is 72.3 Å². The molecule has 1 aromatic heterocycles. The normalized spacial score (nSPS) is 17.2. The predicted molar refractivity (Wildman–Crippen MR) is 84.0 cm³/mol. The zero-order valence-corrected chi connectivity index (χ0v) is 13.7. The molecule has 0 saturated heterocycles. The van der Waals surface area contributed by atoms with Crippen LogP contribution in [0.15, 0.2) is 6.33 Å². The van der Waals surface area contributed by atoms with Gasteiger partial charge < -0.3 is 0 Å². The van der Waals surface area contributed by atoms with Crippen LogP contribution in [-0.4, -0.2) is 20.7 Å². The van der Waals surface area contributed by atoms with Crippen LogP contribution in [0, 0.1) is 11.3 Å². The van der Waals surface area contributed by atoms with Gasteiger partial charge in [0.05, 0.1) is 6.04 Å². The second-order valence-corrected chi connectivity index (χ2v) is 7.28. The van der Waals surface area contributed by atoms with E-state index in [4.69, 9.17) is 0 Å². The first-order valence-electron chi connectivity index (χ1n) is 8.11.